The molecular weight excluding hydrogens is 392 g/mol. The first-order chi connectivity index (χ1) is 15.1. The van der Waals surface area contributed by atoms with Crippen LogP contribution in [0.3, 0.4) is 0 Å². The first kappa shape index (κ1) is 19.6. The molecule has 7 nitrogen and oxygen atoms in total. The van der Waals surface area contributed by atoms with Crippen molar-refractivity contribution in [3.63, 3.8) is 0 Å². The summed E-state index contributed by atoms with van der Waals surface area (Å²) in [5.41, 5.74) is 9.31. The molecule has 2 aromatic carbocycles. The van der Waals surface area contributed by atoms with Gasteiger partial charge in [0.2, 0.25) is 0 Å². The van der Waals surface area contributed by atoms with Gasteiger partial charge in [0, 0.05) is 29.6 Å². The van der Waals surface area contributed by atoms with Crippen molar-refractivity contribution in [1.29, 1.82) is 0 Å². The van der Waals surface area contributed by atoms with Crippen molar-refractivity contribution in [3.05, 3.63) is 65.4 Å². The molecule has 0 spiro atoms. The number of fused-ring (bicyclic) bond motifs is 4. The molecular formula is C24H26N4O3. The summed E-state index contributed by atoms with van der Waals surface area (Å²) in [6, 6.07) is 13.7. The lowest BCUT2D eigenvalue weighted by Crippen LogP contribution is -2.44. The highest BCUT2D eigenvalue weighted by molar-refractivity contribution is 6.05. The fourth-order valence-corrected chi connectivity index (χ4v) is 4.97. The summed E-state index contributed by atoms with van der Waals surface area (Å²) in [6.07, 6.45) is 3.00. The first-order valence-electron chi connectivity index (χ1n) is 10.8. The molecule has 3 aromatic rings. The van der Waals surface area contributed by atoms with Crippen LogP contribution in [0, 0.1) is 0 Å². The number of para-hydroxylation sites is 1. The number of aromatic hydroxyl groups is 1. The minimum absolute atomic E-state index is 0.133. The van der Waals surface area contributed by atoms with Gasteiger partial charge in [-0.1, -0.05) is 36.8 Å². The lowest BCUT2D eigenvalue weighted by molar-refractivity contribution is -0.128. The zero-order chi connectivity index (χ0) is 21.5. The Morgan fingerprint density at radius 1 is 1.06 bits per heavy atom. The fraction of sp³-hybridized carbons (Fsp3) is 0.333. The van der Waals surface area contributed by atoms with Crippen LogP contribution >= 0.6 is 0 Å². The molecule has 5 rings (SSSR count). The normalized spacial score (nSPS) is 20.4. The van der Waals surface area contributed by atoms with Gasteiger partial charge in [0.15, 0.2) is 0 Å². The number of urea groups is 1. The summed E-state index contributed by atoms with van der Waals surface area (Å²) in [5, 5.41) is 11.2. The Balaban J connectivity index is 1.59. The number of aromatic nitrogens is 1. The average molecular weight is 418 g/mol. The number of unbranched alkanes of at least 4 members (excludes halogenated alkanes) is 2. The second kappa shape index (κ2) is 7.74. The van der Waals surface area contributed by atoms with Gasteiger partial charge in [-0.2, -0.15) is 0 Å². The van der Waals surface area contributed by atoms with Crippen LogP contribution in [0.25, 0.3) is 10.9 Å². The highest BCUT2D eigenvalue weighted by atomic mass is 16.3. The Morgan fingerprint density at radius 3 is 2.71 bits per heavy atom. The molecule has 2 aliphatic rings. The molecule has 160 valence electrons. The van der Waals surface area contributed by atoms with Gasteiger partial charge in [0.25, 0.3) is 5.91 Å². The Morgan fingerprint density at radius 2 is 1.90 bits per heavy atom. The van der Waals surface area contributed by atoms with E-state index in [9.17, 15) is 14.7 Å². The molecule has 0 radical (unpaired) electrons. The molecule has 0 unspecified atom stereocenters. The smallest absolute Gasteiger partial charge is 0.328 e. The number of benzene rings is 2. The second-order valence-corrected chi connectivity index (χ2v) is 8.31. The van der Waals surface area contributed by atoms with E-state index in [1.54, 1.807) is 23.1 Å². The molecule has 3 heterocycles. The second-order valence-electron chi connectivity index (χ2n) is 8.31. The third-order valence-corrected chi connectivity index (χ3v) is 6.41. The highest BCUT2D eigenvalue weighted by Gasteiger charge is 2.52. The van der Waals surface area contributed by atoms with Gasteiger partial charge in [-0.15, -0.1) is 0 Å². The van der Waals surface area contributed by atoms with Crippen LogP contribution in [0.4, 0.5) is 4.79 Å². The number of imide groups is 1. The molecule has 1 aromatic heterocycles. The van der Waals surface area contributed by atoms with E-state index in [-0.39, 0.29) is 17.7 Å². The summed E-state index contributed by atoms with van der Waals surface area (Å²) in [4.78, 5) is 33.3. The summed E-state index contributed by atoms with van der Waals surface area (Å²) in [7, 11) is 0. The number of rotatable bonds is 6. The van der Waals surface area contributed by atoms with Crippen LogP contribution in [0.1, 0.15) is 42.1 Å². The molecule has 1 saturated heterocycles. The number of nitrogens with zero attached hydrogens (tertiary/aromatic N) is 2. The molecule has 4 N–H and O–H groups in total. The van der Waals surface area contributed by atoms with Crippen molar-refractivity contribution in [2.24, 2.45) is 5.73 Å². The Labute approximate surface area is 180 Å². The van der Waals surface area contributed by atoms with Crippen molar-refractivity contribution < 1.29 is 14.7 Å². The Hall–Kier alpha value is -3.32. The van der Waals surface area contributed by atoms with E-state index in [1.807, 2.05) is 30.3 Å². The lowest BCUT2D eigenvalue weighted by atomic mass is 9.89. The number of phenols is 1. The first-order valence-corrected chi connectivity index (χ1v) is 10.8. The molecule has 7 heteroatoms. The van der Waals surface area contributed by atoms with Gasteiger partial charge in [0.1, 0.15) is 17.8 Å². The number of nitrogens with two attached hydrogens (primary N) is 1. The number of hydrogen-bond acceptors (Lipinski definition) is 4. The minimum atomic E-state index is -0.541. The predicted molar refractivity (Wildman–Crippen MR) is 118 cm³/mol. The van der Waals surface area contributed by atoms with E-state index in [0.29, 0.717) is 19.5 Å². The van der Waals surface area contributed by atoms with Crippen molar-refractivity contribution in [2.75, 3.05) is 13.1 Å². The number of carbonyl (C=O) groups excluding carboxylic acids is 2. The maximum atomic E-state index is 13.4. The number of H-pyrrole nitrogens is 1. The molecule has 31 heavy (non-hydrogen) atoms. The van der Waals surface area contributed by atoms with Crippen LogP contribution < -0.4 is 5.73 Å². The van der Waals surface area contributed by atoms with Gasteiger partial charge >= 0.3 is 6.03 Å². The number of nitrogens with one attached hydrogen (secondary N) is 1. The van der Waals surface area contributed by atoms with Crippen LogP contribution in [-0.2, 0) is 11.2 Å². The van der Waals surface area contributed by atoms with E-state index >= 15 is 0 Å². The zero-order valence-electron chi connectivity index (χ0n) is 17.3. The molecule has 2 atom stereocenters. The predicted octanol–water partition coefficient (Wildman–Crippen LogP) is 3.28. The average Bonchev–Trinajstić information content (AvgIpc) is 3.25. The molecule has 0 bridgehead atoms. The quantitative estimate of drug-likeness (QED) is 0.422. The van der Waals surface area contributed by atoms with Crippen molar-refractivity contribution in [3.8, 4) is 5.75 Å². The maximum Gasteiger partial charge on any atom is 0.328 e. The standard InChI is InChI=1S/C24H26N4O3/c25-11-4-1-5-12-27-23(30)20-14-18-17-9-2-3-10-19(17)26-21(18)22(28(20)24(27)31)15-7-6-8-16(29)13-15/h2-3,6-10,13,20,22,26,29H,1,4-5,11-12,14,25H2/t20-,22+/m0/s1. The van der Waals surface area contributed by atoms with E-state index in [4.69, 9.17) is 5.73 Å². The Kier molecular flexibility index (Phi) is 4.90. The topological polar surface area (TPSA) is 103 Å². The van der Waals surface area contributed by atoms with Crippen LogP contribution in [-0.4, -0.2) is 51.0 Å². The number of phenolic OH excluding ortho intramolecular Hbond substituents is 1. The number of amides is 3. The van der Waals surface area contributed by atoms with E-state index in [0.717, 1.165) is 47.0 Å². The van der Waals surface area contributed by atoms with Gasteiger partial charge in [0.05, 0.1) is 0 Å². The third kappa shape index (κ3) is 3.16. The highest BCUT2D eigenvalue weighted by Crippen LogP contribution is 2.44. The van der Waals surface area contributed by atoms with E-state index < -0.39 is 12.1 Å². The SMILES string of the molecule is NCCCCCN1C(=O)[C@@H]2Cc3c([nH]c4ccccc34)[C@@H](c3cccc(O)c3)N2C1=O. The van der Waals surface area contributed by atoms with Crippen LogP contribution in [0.15, 0.2) is 48.5 Å². The van der Waals surface area contributed by atoms with Crippen LogP contribution in [0.5, 0.6) is 5.75 Å². The van der Waals surface area contributed by atoms with Gasteiger partial charge in [-0.3, -0.25) is 14.6 Å². The Bertz CT molecular complexity index is 1150. The number of hydrogen-bond donors (Lipinski definition) is 3. The maximum absolute atomic E-state index is 13.4. The lowest BCUT2D eigenvalue weighted by Gasteiger charge is -2.36. The molecule has 0 aliphatic carbocycles. The minimum Gasteiger partial charge on any atom is -0.508 e. The van der Waals surface area contributed by atoms with Crippen molar-refractivity contribution >= 4 is 22.8 Å². The van der Waals surface area contributed by atoms with E-state index in [1.165, 1.54) is 4.90 Å². The van der Waals surface area contributed by atoms with Gasteiger partial charge in [-0.05, 0) is 48.7 Å². The number of aromatic amines is 1. The molecule has 1 fully saturated rings. The monoisotopic (exact) mass is 418 g/mol. The summed E-state index contributed by atoms with van der Waals surface area (Å²) >= 11 is 0. The largest absolute Gasteiger partial charge is 0.508 e. The van der Waals surface area contributed by atoms with E-state index in [2.05, 4.69) is 4.98 Å². The third-order valence-electron chi connectivity index (χ3n) is 6.41. The fourth-order valence-electron chi connectivity index (χ4n) is 4.97. The summed E-state index contributed by atoms with van der Waals surface area (Å²) in [5.74, 6) is -0.00673. The molecule has 2 aliphatic heterocycles. The summed E-state index contributed by atoms with van der Waals surface area (Å²) < 4.78 is 0. The van der Waals surface area contributed by atoms with Gasteiger partial charge < -0.3 is 15.8 Å². The molecule has 0 saturated carbocycles. The van der Waals surface area contributed by atoms with Gasteiger partial charge in [-0.25, -0.2) is 4.79 Å². The number of carbonyl (C=O) groups is 2. The zero-order valence-corrected chi connectivity index (χ0v) is 17.3. The van der Waals surface area contributed by atoms with Crippen molar-refractivity contribution in [1.82, 2.24) is 14.8 Å². The summed E-state index contributed by atoms with van der Waals surface area (Å²) in [6.45, 7) is 1.02. The molecule has 3 amide bonds. The van der Waals surface area contributed by atoms with Crippen LogP contribution in [0.2, 0.25) is 0 Å². The van der Waals surface area contributed by atoms with Crippen molar-refractivity contribution in [2.45, 2.75) is 37.8 Å².